The first-order valence-corrected chi connectivity index (χ1v) is 8.68. The van der Waals surface area contributed by atoms with Crippen LogP contribution >= 0.6 is 10.9 Å². The smallest absolute Gasteiger partial charge is 0.230 e. The summed E-state index contributed by atoms with van der Waals surface area (Å²) in [5, 5.41) is 14.5. The van der Waals surface area contributed by atoms with Gasteiger partial charge in [-0.3, -0.25) is 4.79 Å². The second kappa shape index (κ2) is 6.60. The topological polar surface area (TPSA) is 68.5 Å². The Labute approximate surface area is 138 Å². The molecule has 0 bridgehead atoms. The maximum Gasteiger partial charge on any atom is 0.230 e. The highest BCUT2D eigenvalue weighted by molar-refractivity contribution is 8.32. The van der Waals surface area contributed by atoms with Crippen LogP contribution in [-0.4, -0.2) is 29.1 Å². The third kappa shape index (κ3) is 3.23. The van der Waals surface area contributed by atoms with Gasteiger partial charge in [0.1, 0.15) is 0 Å². The van der Waals surface area contributed by atoms with Gasteiger partial charge >= 0.3 is 0 Å². The van der Waals surface area contributed by atoms with Gasteiger partial charge in [0.05, 0.1) is 5.92 Å². The largest absolute Gasteiger partial charge is 0.310 e. The van der Waals surface area contributed by atoms with E-state index in [2.05, 4.69) is 22.4 Å². The average molecular weight is 324 g/mol. The van der Waals surface area contributed by atoms with E-state index in [-0.39, 0.29) is 11.8 Å². The summed E-state index contributed by atoms with van der Waals surface area (Å²) in [6.07, 6.45) is 9.96. The normalized spacial score (nSPS) is 23.9. The molecule has 116 valence electrons. The van der Waals surface area contributed by atoms with Gasteiger partial charge in [0.15, 0.2) is 11.4 Å². The lowest BCUT2D eigenvalue weighted by molar-refractivity contribution is -0.123. The molecule has 1 saturated heterocycles. The van der Waals surface area contributed by atoms with E-state index < -0.39 is 10.9 Å². The van der Waals surface area contributed by atoms with Crippen LogP contribution in [0.5, 0.6) is 0 Å². The fraction of sp³-hybridized carbons (Fsp3) is 0.235. The number of amidine groups is 1. The molecular formula is C17H16N4OS. The first kappa shape index (κ1) is 15.2. The van der Waals surface area contributed by atoms with Crippen LogP contribution in [-0.2, 0) is 4.79 Å². The van der Waals surface area contributed by atoms with Crippen molar-refractivity contribution in [2.75, 3.05) is 13.1 Å². The fourth-order valence-electron chi connectivity index (χ4n) is 2.63. The van der Waals surface area contributed by atoms with Gasteiger partial charge in [-0.05, 0) is 34.9 Å². The number of rotatable bonds is 2. The molecule has 0 aliphatic carbocycles. The molecule has 0 saturated carbocycles. The highest BCUT2D eigenvalue weighted by Crippen LogP contribution is 2.41. The molecule has 1 fully saturated rings. The number of thiol groups is 1. The van der Waals surface area contributed by atoms with Gasteiger partial charge in [0, 0.05) is 24.9 Å². The Morgan fingerprint density at radius 3 is 3.13 bits per heavy atom. The Morgan fingerprint density at radius 1 is 1.52 bits per heavy atom. The van der Waals surface area contributed by atoms with Crippen LogP contribution in [0.25, 0.3) is 0 Å². The van der Waals surface area contributed by atoms with Crippen LogP contribution < -0.4 is 5.32 Å². The van der Waals surface area contributed by atoms with Crippen molar-refractivity contribution < 1.29 is 4.79 Å². The number of amides is 1. The summed E-state index contributed by atoms with van der Waals surface area (Å²) in [5.74, 6) is 2.40. The second-order valence-electron chi connectivity index (χ2n) is 5.34. The van der Waals surface area contributed by atoms with Gasteiger partial charge in [-0.25, -0.2) is 4.99 Å². The zero-order valence-electron chi connectivity index (χ0n) is 12.4. The van der Waals surface area contributed by atoms with E-state index in [0.717, 1.165) is 10.5 Å². The minimum atomic E-state index is -0.824. The average Bonchev–Trinajstić information content (AvgIpc) is 3.24. The number of hydrogen-bond donors (Lipinski definition) is 2. The van der Waals surface area contributed by atoms with Crippen molar-refractivity contribution in [1.82, 2.24) is 10.2 Å². The summed E-state index contributed by atoms with van der Waals surface area (Å²) in [6.45, 7) is 1.12. The molecule has 2 aliphatic rings. The number of aliphatic imine (C=N–C) groups is 1. The minimum Gasteiger partial charge on any atom is -0.310 e. The van der Waals surface area contributed by atoms with E-state index in [0.29, 0.717) is 24.7 Å². The number of nitrogens with zero attached hydrogens (tertiary/aromatic N) is 3. The first-order chi connectivity index (χ1) is 11.2. The number of benzene rings is 1. The molecule has 1 aromatic rings. The maximum atomic E-state index is 12.4. The van der Waals surface area contributed by atoms with Crippen LogP contribution in [0.2, 0.25) is 0 Å². The molecule has 0 aromatic heterocycles. The number of hydrogen-bond acceptors (Lipinski definition) is 4. The molecule has 1 unspecified atom stereocenters. The van der Waals surface area contributed by atoms with Gasteiger partial charge in [0.25, 0.3) is 0 Å². The number of terminal acetylenes is 1. The monoisotopic (exact) mass is 324 g/mol. The van der Waals surface area contributed by atoms with E-state index in [4.69, 9.17) is 11.7 Å². The van der Waals surface area contributed by atoms with Crippen molar-refractivity contribution in [2.24, 2.45) is 10.9 Å². The second-order valence-corrected chi connectivity index (χ2v) is 7.31. The number of likely N-dealkylation sites (tertiary alicyclic amines) is 1. The summed E-state index contributed by atoms with van der Waals surface area (Å²) >= 11 is 0. The molecular weight excluding hydrogens is 308 g/mol. The molecule has 2 atom stereocenters. The summed E-state index contributed by atoms with van der Waals surface area (Å²) in [7, 11) is -0.824. The molecule has 2 aliphatic heterocycles. The number of nitrogens with one attached hydrogen (secondary N) is 1. The van der Waals surface area contributed by atoms with Gasteiger partial charge in [-0.15, -0.1) is 17.3 Å². The Morgan fingerprint density at radius 2 is 2.39 bits per heavy atom. The van der Waals surface area contributed by atoms with Crippen molar-refractivity contribution in [3.8, 4) is 18.5 Å². The lowest BCUT2D eigenvalue weighted by atomic mass is 10.1. The summed E-state index contributed by atoms with van der Waals surface area (Å²) < 4.78 is 0. The molecule has 6 heteroatoms. The lowest BCUT2D eigenvalue weighted by Crippen LogP contribution is -2.35. The summed E-state index contributed by atoms with van der Waals surface area (Å²) in [4.78, 5) is 19.4. The van der Waals surface area contributed by atoms with Gasteiger partial charge < -0.3 is 10.2 Å². The Bertz CT molecular complexity index is 772. The molecule has 1 aromatic carbocycles. The van der Waals surface area contributed by atoms with Crippen molar-refractivity contribution in [3.05, 3.63) is 41.4 Å². The predicted octanol–water partition coefficient (Wildman–Crippen LogP) is 1.79. The molecule has 23 heavy (non-hydrogen) atoms. The molecule has 0 radical (unpaired) electrons. The fourth-order valence-corrected chi connectivity index (χ4v) is 4.33. The van der Waals surface area contributed by atoms with Gasteiger partial charge in [-0.1, -0.05) is 12.0 Å². The zero-order chi connectivity index (χ0) is 16.2. The van der Waals surface area contributed by atoms with Crippen LogP contribution in [0.3, 0.4) is 0 Å². The molecule has 1 amide bonds. The standard InChI is InChI=1S/C17H16N4OS/c1-2-13-4-3-5-15(10-13)23-9-7-19-17(23)20-16(22)14-6-8-21(11-14)12-18/h1,3-5,7,9-10,14,23H,6,8,11H2,(H,19,20,22)/t14-/m0/s1. The van der Waals surface area contributed by atoms with E-state index in [9.17, 15) is 4.79 Å². The molecule has 1 N–H and O–H groups in total. The minimum absolute atomic E-state index is 0.0641. The van der Waals surface area contributed by atoms with E-state index in [1.54, 1.807) is 11.1 Å². The maximum absolute atomic E-state index is 12.4. The number of carbonyl (C=O) groups is 1. The third-order valence-corrected chi connectivity index (χ3v) is 5.82. The van der Waals surface area contributed by atoms with Crippen LogP contribution in [0.4, 0.5) is 0 Å². The summed E-state index contributed by atoms with van der Waals surface area (Å²) in [6, 6.07) is 7.75. The van der Waals surface area contributed by atoms with Gasteiger partial charge in [0.2, 0.25) is 5.91 Å². The molecule has 2 heterocycles. The van der Waals surface area contributed by atoms with Crippen molar-refractivity contribution in [2.45, 2.75) is 11.3 Å². The highest BCUT2D eigenvalue weighted by Gasteiger charge is 2.29. The highest BCUT2D eigenvalue weighted by atomic mass is 32.2. The number of nitriles is 1. The van der Waals surface area contributed by atoms with E-state index >= 15 is 0 Å². The zero-order valence-corrected chi connectivity index (χ0v) is 13.3. The predicted molar refractivity (Wildman–Crippen MR) is 91.6 cm³/mol. The summed E-state index contributed by atoms with van der Waals surface area (Å²) in [5.41, 5.74) is 0.816. The molecule has 3 rings (SSSR count). The van der Waals surface area contributed by atoms with Crippen molar-refractivity contribution >= 4 is 22.0 Å². The van der Waals surface area contributed by atoms with Crippen LogP contribution in [0.15, 0.2) is 45.8 Å². The van der Waals surface area contributed by atoms with Crippen molar-refractivity contribution in [3.63, 3.8) is 0 Å². The Hall–Kier alpha value is -2.70. The Balaban J connectivity index is 1.70. The molecule has 5 nitrogen and oxygen atoms in total. The van der Waals surface area contributed by atoms with Crippen LogP contribution in [0.1, 0.15) is 12.0 Å². The Kier molecular flexibility index (Phi) is 4.36. The first-order valence-electron chi connectivity index (χ1n) is 7.27. The molecule has 0 spiro atoms. The van der Waals surface area contributed by atoms with E-state index in [1.165, 1.54) is 0 Å². The quantitative estimate of drug-likeness (QED) is 0.495. The van der Waals surface area contributed by atoms with Crippen LogP contribution in [0, 0.1) is 29.7 Å². The van der Waals surface area contributed by atoms with E-state index in [1.807, 2.05) is 29.7 Å². The number of carbonyl (C=O) groups excluding carboxylic acids is 1. The SMILES string of the molecule is C#Cc1cccc([SH]2C=CN=C2NC(=O)[C@H]2CCN(C#N)C2)c1. The van der Waals surface area contributed by atoms with Crippen molar-refractivity contribution in [1.29, 1.82) is 5.26 Å². The lowest BCUT2D eigenvalue weighted by Gasteiger charge is -2.19. The third-order valence-electron chi connectivity index (χ3n) is 3.87. The van der Waals surface area contributed by atoms with Gasteiger partial charge in [-0.2, -0.15) is 5.26 Å².